The predicted molar refractivity (Wildman–Crippen MR) is 66.6 cm³/mol. The highest BCUT2D eigenvalue weighted by Gasteiger charge is 1.97. The Kier molecular flexibility index (Phi) is 11.6. The third-order valence-corrected chi connectivity index (χ3v) is 2.61. The molecule has 0 aromatic carbocycles. The van der Waals surface area contributed by atoms with Gasteiger partial charge in [-0.25, -0.2) is 0 Å². The van der Waals surface area contributed by atoms with Crippen LogP contribution in [0.4, 0.5) is 0 Å². The van der Waals surface area contributed by atoms with E-state index in [2.05, 4.69) is 10.6 Å². The van der Waals surface area contributed by atoms with Crippen LogP contribution in [0.5, 0.6) is 0 Å². The maximum Gasteiger partial charge on any atom is 0.0993 e. The maximum absolute atomic E-state index is 5.45. The molecule has 0 aromatic heterocycles. The van der Waals surface area contributed by atoms with Crippen molar-refractivity contribution in [2.24, 2.45) is 0 Å². The van der Waals surface area contributed by atoms with Gasteiger partial charge in [0.15, 0.2) is 0 Å². The molecule has 108 valence electrons. The van der Waals surface area contributed by atoms with Gasteiger partial charge in [0.25, 0.3) is 0 Å². The fourth-order valence-corrected chi connectivity index (χ4v) is 1.60. The van der Waals surface area contributed by atoms with Crippen LogP contribution in [-0.4, -0.2) is 79.0 Å². The van der Waals surface area contributed by atoms with Crippen LogP contribution in [0.15, 0.2) is 0 Å². The molecule has 1 aliphatic heterocycles. The van der Waals surface area contributed by atoms with Crippen molar-refractivity contribution in [1.82, 2.24) is 0 Å². The first-order valence-electron chi connectivity index (χ1n) is 6.94. The molecule has 1 aliphatic rings. The van der Waals surface area contributed by atoms with Crippen LogP contribution >= 0.6 is 0 Å². The zero-order valence-electron chi connectivity index (χ0n) is 11.3. The third kappa shape index (κ3) is 10.9. The quantitative estimate of drug-likeness (QED) is 0.496. The minimum Gasteiger partial charge on any atom is -0.373 e. The Hall–Kier alpha value is -0.240. The number of ether oxygens (including phenoxy) is 4. The van der Waals surface area contributed by atoms with Crippen LogP contribution in [0.2, 0.25) is 0 Å². The van der Waals surface area contributed by atoms with Gasteiger partial charge < -0.3 is 29.6 Å². The molecule has 0 amide bonds. The van der Waals surface area contributed by atoms with Crippen LogP contribution in [0.1, 0.15) is 0 Å². The molecule has 0 saturated carbocycles. The minimum atomic E-state index is 0.688. The molecular weight excluding hydrogens is 236 g/mol. The lowest BCUT2D eigenvalue weighted by molar-refractivity contribution is -0.659. The van der Waals surface area contributed by atoms with Crippen molar-refractivity contribution in [3.8, 4) is 0 Å². The summed E-state index contributed by atoms with van der Waals surface area (Å²) in [6.45, 7) is 9.78. The van der Waals surface area contributed by atoms with E-state index in [9.17, 15) is 0 Å². The van der Waals surface area contributed by atoms with Gasteiger partial charge in [0.1, 0.15) is 0 Å². The standard InChI is InChI=1S/C12H26N2O4/c1-5-15-9-10-17-7-3-14-4-8-18-12-11-16-6-2-13-1/h13-14H,1-12H2/p+2. The molecule has 0 aliphatic carbocycles. The Morgan fingerprint density at radius 2 is 0.667 bits per heavy atom. The summed E-state index contributed by atoms with van der Waals surface area (Å²) in [7, 11) is 0. The molecule has 0 atom stereocenters. The summed E-state index contributed by atoms with van der Waals surface area (Å²) >= 11 is 0. The van der Waals surface area contributed by atoms with Crippen LogP contribution in [-0.2, 0) is 18.9 Å². The van der Waals surface area contributed by atoms with Crippen molar-refractivity contribution in [1.29, 1.82) is 0 Å². The third-order valence-electron chi connectivity index (χ3n) is 2.61. The van der Waals surface area contributed by atoms with E-state index in [4.69, 9.17) is 18.9 Å². The van der Waals surface area contributed by atoms with E-state index in [1.807, 2.05) is 0 Å². The fourth-order valence-electron chi connectivity index (χ4n) is 1.60. The first-order valence-corrected chi connectivity index (χ1v) is 6.94. The molecule has 1 heterocycles. The SMILES string of the molecule is C1COCCOCC[NH2+]CCOCCOCC[NH2+]1. The second kappa shape index (κ2) is 13.2. The van der Waals surface area contributed by atoms with Gasteiger partial charge in [0, 0.05) is 0 Å². The second-order valence-electron chi connectivity index (χ2n) is 4.18. The van der Waals surface area contributed by atoms with Gasteiger partial charge in [-0.1, -0.05) is 0 Å². The average Bonchev–Trinajstić information content (AvgIpc) is 2.39. The van der Waals surface area contributed by atoms with E-state index in [0.717, 1.165) is 52.6 Å². The summed E-state index contributed by atoms with van der Waals surface area (Å²) in [6.07, 6.45) is 0. The first-order chi connectivity index (χ1) is 9.00. The monoisotopic (exact) mass is 264 g/mol. The molecular formula is C12H28N2O4+2. The number of quaternary nitrogens is 2. The molecule has 0 unspecified atom stereocenters. The van der Waals surface area contributed by atoms with Gasteiger partial charge in [-0.05, 0) is 0 Å². The molecule has 1 saturated heterocycles. The molecule has 0 spiro atoms. The average molecular weight is 264 g/mol. The van der Waals surface area contributed by atoms with Crippen molar-refractivity contribution in [2.75, 3.05) is 79.0 Å². The molecule has 0 radical (unpaired) electrons. The van der Waals surface area contributed by atoms with Crippen molar-refractivity contribution >= 4 is 0 Å². The second-order valence-corrected chi connectivity index (χ2v) is 4.18. The highest BCUT2D eigenvalue weighted by Crippen LogP contribution is 1.77. The highest BCUT2D eigenvalue weighted by molar-refractivity contribution is 4.34. The fraction of sp³-hybridized carbons (Fsp3) is 1.00. The lowest BCUT2D eigenvalue weighted by atomic mass is 10.6. The van der Waals surface area contributed by atoms with E-state index in [-0.39, 0.29) is 0 Å². The smallest absolute Gasteiger partial charge is 0.0993 e. The summed E-state index contributed by atoms with van der Waals surface area (Å²) in [5.41, 5.74) is 0. The summed E-state index contributed by atoms with van der Waals surface area (Å²) in [4.78, 5) is 0. The Labute approximate surface area is 109 Å². The number of hydrogen-bond donors (Lipinski definition) is 2. The summed E-state index contributed by atoms with van der Waals surface area (Å²) < 4.78 is 21.8. The molecule has 0 bridgehead atoms. The van der Waals surface area contributed by atoms with Crippen molar-refractivity contribution in [3.05, 3.63) is 0 Å². The van der Waals surface area contributed by atoms with Crippen LogP contribution in [0.3, 0.4) is 0 Å². The molecule has 6 heteroatoms. The van der Waals surface area contributed by atoms with E-state index in [1.54, 1.807) is 0 Å². The van der Waals surface area contributed by atoms with Crippen LogP contribution in [0, 0.1) is 0 Å². The van der Waals surface area contributed by atoms with Gasteiger partial charge in [0.05, 0.1) is 79.0 Å². The van der Waals surface area contributed by atoms with E-state index in [0.29, 0.717) is 26.4 Å². The first kappa shape index (κ1) is 15.8. The van der Waals surface area contributed by atoms with Gasteiger partial charge >= 0.3 is 0 Å². The highest BCUT2D eigenvalue weighted by atomic mass is 16.5. The number of nitrogens with two attached hydrogens (primary N) is 2. The van der Waals surface area contributed by atoms with Crippen molar-refractivity contribution in [3.63, 3.8) is 0 Å². The normalized spacial score (nSPS) is 24.0. The Balaban J connectivity index is 2.00. The summed E-state index contributed by atoms with van der Waals surface area (Å²) in [5, 5.41) is 4.42. The molecule has 18 heavy (non-hydrogen) atoms. The molecule has 1 rings (SSSR count). The zero-order valence-corrected chi connectivity index (χ0v) is 11.3. The van der Waals surface area contributed by atoms with Crippen LogP contribution < -0.4 is 10.6 Å². The predicted octanol–water partition coefficient (Wildman–Crippen LogP) is -2.81. The summed E-state index contributed by atoms with van der Waals surface area (Å²) in [6, 6.07) is 0. The van der Waals surface area contributed by atoms with Crippen LogP contribution in [0.25, 0.3) is 0 Å². The Morgan fingerprint density at radius 3 is 0.944 bits per heavy atom. The lowest BCUT2D eigenvalue weighted by Gasteiger charge is -2.08. The van der Waals surface area contributed by atoms with Crippen molar-refractivity contribution in [2.45, 2.75) is 0 Å². The molecule has 0 aromatic rings. The maximum atomic E-state index is 5.45. The minimum absolute atomic E-state index is 0.688. The van der Waals surface area contributed by atoms with E-state index < -0.39 is 0 Å². The van der Waals surface area contributed by atoms with Gasteiger partial charge in [-0.15, -0.1) is 0 Å². The topological polar surface area (TPSA) is 70.1 Å². The molecule has 4 N–H and O–H groups in total. The van der Waals surface area contributed by atoms with Gasteiger partial charge in [-0.2, -0.15) is 0 Å². The number of hydrogen-bond acceptors (Lipinski definition) is 4. The van der Waals surface area contributed by atoms with E-state index in [1.165, 1.54) is 0 Å². The van der Waals surface area contributed by atoms with Crippen molar-refractivity contribution < 1.29 is 29.6 Å². The van der Waals surface area contributed by atoms with Gasteiger partial charge in [0.2, 0.25) is 0 Å². The molecule has 6 nitrogen and oxygen atoms in total. The number of rotatable bonds is 0. The Bertz CT molecular complexity index is 97.1. The van der Waals surface area contributed by atoms with E-state index >= 15 is 0 Å². The lowest BCUT2D eigenvalue weighted by Crippen LogP contribution is -2.86. The zero-order chi connectivity index (χ0) is 12.7. The largest absolute Gasteiger partial charge is 0.373 e. The Morgan fingerprint density at radius 1 is 0.389 bits per heavy atom. The molecule has 1 fully saturated rings. The summed E-state index contributed by atoms with van der Waals surface area (Å²) in [5.74, 6) is 0. The van der Waals surface area contributed by atoms with Gasteiger partial charge in [-0.3, -0.25) is 0 Å².